The largest absolute Gasteiger partial charge is 0.486 e. The Labute approximate surface area is 192 Å². The number of carbonyl (C=O) groups is 1. The number of ether oxygens (including phenoxy) is 2. The van der Waals surface area contributed by atoms with Crippen LogP contribution in [-0.2, 0) is 4.79 Å². The van der Waals surface area contributed by atoms with Crippen LogP contribution in [0.15, 0.2) is 30.9 Å². The van der Waals surface area contributed by atoms with E-state index in [1.165, 1.54) is 57.1 Å². The number of esters is 1. The first-order valence-corrected chi connectivity index (χ1v) is 12.8. The first-order valence-electron chi connectivity index (χ1n) is 12.8. The Balaban J connectivity index is 1.24. The molecule has 4 heteroatoms. The van der Waals surface area contributed by atoms with Gasteiger partial charge in [0.15, 0.2) is 11.6 Å². The van der Waals surface area contributed by atoms with Gasteiger partial charge in [0, 0.05) is 6.07 Å². The minimum absolute atomic E-state index is 0.0673. The van der Waals surface area contributed by atoms with E-state index >= 15 is 0 Å². The molecule has 0 radical (unpaired) electrons. The number of carbonyl (C=O) groups excluding carboxylic acids is 1. The molecule has 1 aromatic carbocycles. The van der Waals surface area contributed by atoms with Gasteiger partial charge in [-0.25, -0.2) is 4.39 Å². The SMILES string of the molecule is C=CCOc1ccc(OC(=O)C2CCC(C3CCC4CC(CC)CCC4C3)CC2)cc1F. The lowest BCUT2D eigenvalue weighted by atomic mass is 9.61. The maximum Gasteiger partial charge on any atom is 0.314 e. The summed E-state index contributed by atoms with van der Waals surface area (Å²) in [4.78, 5) is 12.7. The molecular weight excluding hydrogens is 403 g/mol. The lowest BCUT2D eigenvalue weighted by molar-refractivity contribution is -0.140. The molecule has 0 aromatic heterocycles. The summed E-state index contributed by atoms with van der Waals surface area (Å²) in [7, 11) is 0. The molecule has 3 fully saturated rings. The standard InChI is InChI=1S/C28H39FO3/c1-3-15-31-27-14-13-25(18-26(27)29)32-28(30)21-9-7-20(8-10-21)23-12-11-22-16-19(4-2)5-6-24(22)17-23/h3,13-14,18-24H,1,4-12,15-17H2,2H3. The van der Waals surface area contributed by atoms with E-state index in [1.54, 1.807) is 12.1 Å². The molecule has 0 aliphatic heterocycles. The molecule has 0 saturated heterocycles. The summed E-state index contributed by atoms with van der Waals surface area (Å²) >= 11 is 0. The molecule has 3 aliphatic carbocycles. The van der Waals surface area contributed by atoms with Crippen molar-refractivity contribution in [1.82, 2.24) is 0 Å². The van der Waals surface area contributed by atoms with Gasteiger partial charge in [-0.2, -0.15) is 0 Å². The normalized spacial score (nSPS) is 32.6. The third kappa shape index (κ3) is 5.55. The Morgan fingerprint density at radius 2 is 1.66 bits per heavy atom. The van der Waals surface area contributed by atoms with Crippen molar-refractivity contribution in [3.63, 3.8) is 0 Å². The van der Waals surface area contributed by atoms with Gasteiger partial charge in [0.2, 0.25) is 0 Å². The van der Waals surface area contributed by atoms with E-state index < -0.39 is 5.82 Å². The highest BCUT2D eigenvalue weighted by atomic mass is 19.1. The van der Waals surface area contributed by atoms with Crippen molar-refractivity contribution < 1.29 is 18.7 Å². The molecule has 4 rings (SSSR count). The quantitative estimate of drug-likeness (QED) is 0.252. The monoisotopic (exact) mass is 442 g/mol. The topological polar surface area (TPSA) is 35.5 Å². The molecule has 4 atom stereocenters. The van der Waals surface area contributed by atoms with E-state index in [0.29, 0.717) is 0 Å². The number of hydrogen-bond donors (Lipinski definition) is 0. The molecule has 1 aromatic rings. The second kappa shape index (κ2) is 10.9. The second-order valence-electron chi connectivity index (χ2n) is 10.4. The molecule has 3 saturated carbocycles. The zero-order valence-electron chi connectivity index (χ0n) is 19.6. The van der Waals surface area contributed by atoms with Crippen LogP contribution in [0.5, 0.6) is 11.5 Å². The summed E-state index contributed by atoms with van der Waals surface area (Å²) in [6.45, 7) is 6.14. The highest BCUT2D eigenvalue weighted by molar-refractivity contribution is 5.75. The minimum atomic E-state index is -0.524. The summed E-state index contributed by atoms with van der Waals surface area (Å²) in [6.07, 6.45) is 15.5. The van der Waals surface area contributed by atoms with Crippen molar-refractivity contribution in [2.75, 3.05) is 6.61 Å². The Kier molecular flexibility index (Phi) is 7.91. The first-order chi connectivity index (χ1) is 15.6. The summed E-state index contributed by atoms with van der Waals surface area (Å²) in [6, 6.07) is 4.33. The molecule has 0 heterocycles. The Morgan fingerprint density at radius 3 is 2.34 bits per heavy atom. The fourth-order valence-corrected chi connectivity index (χ4v) is 6.66. The molecule has 0 spiro atoms. The average molecular weight is 443 g/mol. The molecule has 4 unspecified atom stereocenters. The lowest BCUT2D eigenvalue weighted by Gasteiger charge is -2.45. The molecular formula is C28H39FO3. The summed E-state index contributed by atoms with van der Waals surface area (Å²) < 4.78 is 24.9. The van der Waals surface area contributed by atoms with Crippen molar-refractivity contribution in [3.8, 4) is 11.5 Å². The van der Waals surface area contributed by atoms with Crippen LogP contribution >= 0.6 is 0 Å². The number of hydrogen-bond acceptors (Lipinski definition) is 3. The molecule has 176 valence electrons. The van der Waals surface area contributed by atoms with Crippen molar-refractivity contribution >= 4 is 5.97 Å². The third-order valence-corrected chi connectivity index (χ3v) is 8.59. The minimum Gasteiger partial charge on any atom is -0.486 e. The highest BCUT2D eigenvalue weighted by Crippen LogP contribution is 2.49. The van der Waals surface area contributed by atoms with Gasteiger partial charge in [-0.1, -0.05) is 32.4 Å². The fraction of sp³-hybridized carbons (Fsp3) is 0.679. The van der Waals surface area contributed by atoms with Gasteiger partial charge in [0.05, 0.1) is 5.92 Å². The number of halogens is 1. The van der Waals surface area contributed by atoms with Crippen LogP contribution in [0, 0.1) is 41.3 Å². The van der Waals surface area contributed by atoms with Gasteiger partial charge in [-0.3, -0.25) is 4.79 Å². The van der Waals surface area contributed by atoms with Crippen molar-refractivity contribution in [3.05, 3.63) is 36.7 Å². The zero-order valence-corrected chi connectivity index (χ0v) is 19.6. The fourth-order valence-electron chi connectivity index (χ4n) is 6.66. The van der Waals surface area contributed by atoms with Gasteiger partial charge in [0.25, 0.3) is 0 Å². The van der Waals surface area contributed by atoms with Gasteiger partial charge < -0.3 is 9.47 Å². The van der Waals surface area contributed by atoms with Crippen LogP contribution in [-0.4, -0.2) is 12.6 Å². The second-order valence-corrected chi connectivity index (χ2v) is 10.4. The van der Waals surface area contributed by atoms with Crippen molar-refractivity contribution in [1.29, 1.82) is 0 Å². The number of fused-ring (bicyclic) bond motifs is 1. The van der Waals surface area contributed by atoms with Crippen LogP contribution in [0.1, 0.15) is 77.6 Å². The van der Waals surface area contributed by atoms with E-state index in [2.05, 4.69) is 13.5 Å². The van der Waals surface area contributed by atoms with Gasteiger partial charge in [0.1, 0.15) is 12.4 Å². The van der Waals surface area contributed by atoms with E-state index in [4.69, 9.17) is 9.47 Å². The van der Waals surface area contributed by atoms with Gasteiger partial charge in [-0.05, 0) is 99.5 Å². The van der Waals surface area contributed by atoms with Crippen molar-refractivity contribution in [2.24, 2.45) is 35.5 Å². The Bertz CT molecular complexity index is 783. The van der Waals surface area contributed by atoms with Crippen LogP contribution in [0.2, 0.25) is 0 Å². The zero-order chi connectivity index (χ0) is 22.5. The molecule has 32 heavy (non-hydrogen) atoms. The van der Waals surface area contributed by atoms with Crippen molar-refractivity contribution in [2.45, 2.75) is 77.6 Å². The number of benzene rings is 1. The maximum atomic E-state index is 14.1. The predicted molar refractivity (Wildman–Crippen MR) is 125 cm³/mol. The number of rotatable bonds is 7. The predicted octanol–water partition coefficient (Wildman–Crippen LogP) is 7.34. The average Bonchev–Trinajstić information content (AvgIpc) is 2.83. The summed E-state index contributed by atoms with van der Waals surface area (Å²) in [5, 5.41) is 0. The van der Waals surface area contributed by atoms with Gasteiger partial charge in [-0.15, -0.1) is 0 Å². The van der Waals surface area contributed by atoms with E-state index in [1.807, 2.05) is 0 Å². The molecule has 3 nitrogen and oxygen atoms in total. The van der Waals surface area contributed by atoms with Gasteiger partial charge >= 0.3 is 5.97 Å². The lowest BCUT2D eigenvalue weighted by Crippen LogP contribution is -2.35. The Hall–Kier alpha value is -1.84. The van der Waals surface area contributed by atoms with Crippen LogP contribution < -0.4 is 9.47 Å². The Morgan fingerprint density at radius 1 is 1.00 bits per heavy atom. The van der Waals surface area contributed by atoms with Crippen LogP contribution in [0.4, 0.5) is 4.39 Å². The molecule has 3 aliphatic rings. The van der Waals surface area contributed by atoms with E-state index in [9.17, 15) is 9.18 Å². The molecule has 0 bridgehead atoms. The van der Waals surface area contributed by atoms with E-state index in [0.717, 1.165) is 55.3 Å². The molecule has 0 amide bonds. The first kappa shape index (κ1) is 23.3. The summed E-state index contributed by atoms with van der Waals surface area (Å²) in [5.41, 5.74) is 0. The smallest absolute Gasteiger partial charge is 0.314 e. The van der Waals surface area contributed by atoms with E-state index in [-0.39, 0.29) is 30.0 Å². The van der Waals surface area contributed by atoms with Crippen LogP contribution in [0.3, 0.4) is 0 Å². The summed E-state index contributed by atoms with van der Waals surface area (Å²) in [5.74, 6) is 4.10. The third-order valence-electron chi connectivity index (χ3n) is 8.59. The molecule has 0 N–H and O–H groups in total. The van der Waals surface area contributed by atoms with Crippen LogP contribution in [0.25, 0.3) is 0 Å². The highest BCUT2D eigenvalue weighted by Gasteiger charge is 2.39. The maximum absolute atomic E-state index is 14.1.